The third-order valence-electron chi connectivity index (χ3n) is 5.29. The Morgan fingerprint density at radius 3 is 2.28 bits per heavy atom. The zero-order chi connectivity index (χ0) is 22.9. The van der Waals surface area contributed by atoms with Crippen LogP contribution in [0.5, 0.6) is 11.5 Å². The number of likely N-dealkylation sites (tertiary alicyclic amines) is 1. The van der Waals surface area contributed by atoms with Gasteiger partial charge in [0.25, 0.3) is 0 Å². The molecule has 3 rings (SSSR count). The maximum Gasteiger partial charge on any atom is 0.145 e. The van der Waals surface area contributed by atoms with Crippen LogP contribution in [0.1, 0.15) is 12.8 Å². The van der Waals surface area contributed by atoms with Crippen molar-refractivity contribution in [2.75, 3.05) is 39.4 Å². The molecular weight excluding hydrogens is 458 g/mol. The van der Waals surface area contributed by atoms with Gasteiger partial charge in [-0.15, -0.1) is 0 Å². The van der Waals surface area contributed by atoms with E-state index in [-0.39, 0.29) is 18.2 Å². The highest BCUT2D eigenvalue weighted by atomic mass is 35.5. The van der Waals surface area contributed by atoms with Gasteiger partial charge in [0, 0.05) is 30.2 Å². The summed E-state index contributed by atoms with van der Waals surface area (Å²) < 4.78 is 24.5. The molecule has 2 aromatic carbocycles. The highest BCUT2D eigenvalue weighted by molar-refractivity contribution is 6.30. The molecule has 0 radical (unpaired) electrons. The molecule has 0 bridgehead atoms. The van der Waals surface area contributed by atoms with Crippen molar-refractivity contribution in [3.8, 4) is 11.5 Å². The molecule has 1 aliphatic rings. The number of nitrogens with one attached hydrogen (secondary N) is 1. The number of aliphatic hydroxyl groups is 2. The minimum atomic E-state index is -0.676. The monoisotopic (exact) mass is 486 g/mol. The lowest BCUT2D eigenvalue weighted by Gasteiger charge is -2.33. The molecule has 6 nitrogen and oxygen atoms in total. The van der Waals surface area contributed by atoms with Crippen LogP contribution in [0.25, 0.3) is 0 Å². The quantitative estimate of drug-likeness (QED) is 0.452. The average Bonchev–Trinajstić information content (AvgIpc) is 2.79. The van der Waals surface area contributed by atoms with Crippen molar-refractivity contribution in [3.05, 3.63) is 58.3 Å². The lowest BCUT2D eigenvalue weighted by Crippen LogP contribution is -2.47. The molecule has 2 atom stereocenters. The van der Waals surface area contributed by atoms with Crippen molar-refractivity contribution >= 4 is 23.2 Å². The van der Waals surface area contributed by atoms with Crippen molar-refractivity contribution in [2.24, 2.45) is 0 Å². The number of halogens is 3. The molecule has 0 aromatic heterocycles. The van der Waals surface area contributed by atoms with E-state index in [4.69, 9.17) is 32.7 Å². The summed E-state index contributed by atoms with van der Waals surface area (Å²) in [5.74, 6) is 0.466. The van der Waals surface area contributed by atoms with Gasteiger partial charge in [-0.05, 0) is 62.3 Å². The number of ether oxygens (including phenoxy) is 2. The Bertz CT molecular complexity index is 835. The van der Waals surface area contributed by atoms with Crippen LogP contribution in [0.15, 0.2) is 42.5 Å². The van der Waals surface area contributed by atoms with Crippen molar-refractivity contribution in [2.45, 2.75) is 31.1 Å². The second-order valence-electron chi connectivity index (χ2n) is 7.94. The Morgan fingerprint density at radius 1 is 0.969 bits per heavy atom. The Hall–Kier alpha value is -1.61. The van der Waals surface area contributed by atoms with Crippen LogP contribution in [0.4, 0.5) is 4.39 Å². The number of piperidine rings is 1. The summed E-state index contributed by atoms with van der Waals surface area (Å²) in [6.07, 6.45) is 0.548. The molecule has 3 N–H and O–H groups in total. The molecule has 176 valence electrons. The highest BCUT2D eigenvalue weighted by Crippen LogP contribution is 2.21. The Morgan fingerprint density at radius 2 is 1.59 bits per heavy atom. The summed E-state index contributed by atoms with van der Waals surface area (Å²) in [5.41, 5.74) is 0. The number of hydrogen-bond acceptors (Lipinski definition) is 6. The third-order valence-corrected chi connectivity index (χ3v) is 5.85. The van der Waals surface area contributed by atoms with Crippen LogP contribution in [-0.4, -0.2) is 72.8 Å². The van der Waals surface area contributed by atoms with E-state index in [0.717, 1.165) is 25.9 Å². The molecule has 0 aliphatic carbocycles. The van der Waals surface area contributed by atoms with E-state index in [0.29, 0.717) is 35.7 Å². The van der Waals surface area contributed by atoms with Gasteiger partial charge in [-0.2, -0.15) is 0 Å². The summed E-state index contributed by atoms with van der Waals surface area (Å²) in [6, 6.07) is 11.5. The maximum atomic E-state index is 13.4. The van der Waals surface area contributed by atoms with Crippen molar-refractivity contribution in [3.63, 3.8) is 0 Å². The summed E-state index contributed by atoms with van der Waals surface area (Å²) >= 11 is 11.5. The summed E-state index contributed by atoms with van der Waals surface area (Å²) in [4.78, 5) is 2.18. The molecule has 1 aliphatic heterocycles. The van der Waals surface area contributed by atoms with Crippen LogP contribution in [0.3, 0.4) is 0 Å². The topological polar surface area (TPSA) is 74.2 Å². The van der Waals surface area contributed by atoms with E-state index in [9.17, 15) is 14.6 Å². The molecule has 1 saturated heterocycles. The fraction of sp³-hybridized carbons (Fsp3) is 0.478. The Labute approximate surface area is 197 Å². The van der Waals surface area contributed by atoms with Crippen LogP contribution >= 0.6 is 23.2 Å². The average molecular weight is 487 g/mol. The molecule has 1 heterocycles. The molecule has 9 heteroatoms. The largest absolute Gasteiger partial charge is 0.491 e. The fourth-order valence-corrected chi connectivity index (χ4v) is 3.76. The van der Waals surface area contributed by atoms with Gasteiger partial charge in [0.1, 0.15) is 42.7 Å². The molecule has 32 heavy (non-hydrogen) atoms. The predicted molar refractivity (Wildman–Crippen MR) is 123 cm³/mol. The third kappa shape index (κ3) is 8.39. The number of aliphatic hydroxyl groups excluding tert-OH is 2. The lowest BCUT2D eigenvalue weighted by atomic mass is 10.0. The number of nitrogens with zero attached hydrogens (tertiary/aromatic N) is 1. The van der Waals surface area contributed by atoms with Gasteiger partial charge in [0.15, 0.2) is 0 Å². The second-order valence-corrected chi connectivity index (χ2v) is 8.79. The molecule has 2 unspecified atom stereocenters. The van der Waals surface area contributed by atoms with E-state index in [1.165, 1.54) is 12.1 Å². The van der Waals surface area contributed by atoms with Crippen LogP contribution in [0.2, 0.25) is 10.0 Å². The van der Waals surface area contributed by atoms with E-state index in [2.05, 4.69) is 10.2 Å². The van der Waals surface area contributed by atoms with Gasteiger partial charge in [-0.1, -0.05) is 23.2 Å². The number of rotatable bonds is 11. The molecule has 0 spiro atoms. The van der Waals surface area contributed by atoms with E-state index in [1.807, 2.05) is 0 Å². The first-order valence-corrected chi connectivity index (χ1v) is 11.4. The lowest BCUT2D eigenvalue weighted by molar-refractivity contribution is 0.0555. The molecule has 1 fully saturated rings. The van der Waals surface area contributed by atoms with E-state index >= 15 is 0 Å². The van der Waals surface area contributed by atoms with Crippen LogP contribution in [0, 0.1) is 5.82 Å². The molecular formula is C23H29Cl2FN2O4. The van der Waals surface area contributed by atoms with Crippen molar-refractivity contribution in [1.29, 1.82) is 0 Å². The summed E-state index contributed by atoms with van der Waals surface area (Å²) in [6.45, 7) is 2.90. The first kappa shape index (κ1) is 25.0. The number of benzene rings is 2. The normalized spacial score (nSPS) is 17.2. The van der Waals surface area contributed by atoms with Crippen molar-refractivity contribution in [1.82, 2.24) is 10.2 Å². The van der Waals surface area contributed by atoms with Gasteiger partial charge in [-0.3, -0.25) is 0 Å². The zero-order valence-corrected chi connectivity index (χ0v) is 19.2. The first-order chi connectivity index (χ1) is 15.4. The van der Waals surface area contributed by atoms with E-state index < -0.39 is 18.0 Å². The zero-order valence-electron chi connectivity index (χ0n) is 17.7. The summed E-state index contributed by atoms with van der Waals surface area (Å²) in [5, 5.41) is 24.5. The molecule has 2 aromatic rings. The van der Waals surface area contributed by atoms with Crippen LogP contribution < -0.4 is 14.8 Å². The Balaban J connectivity index is 1.28. The van der Waals surface area contributed by atoms with Crippen LogP contribution in [-0.2, 0) is 0 Å². The smallest absolute Gasteiger partial charge is 0.145 e. The number of hydrogen-bond donors (Lipinski definition) is 3. The highest BCUT2D eigenvalue weighted by Gasteiger charge is 2.21. The van der Waals surface area contributed by atoms with Gasteiger partial charge >= 0.3 is 0 Å². The Kier molecular flexibility index (Phi) is 9.84. The minimum absolute atomic E-state index is 0.0379. The molecule has 0 amide bonds. The standard InChI is InChI=1S/C23H29Cl2FN2O4/c24-16-1-3-20(4-2-16)31-14-18(29)12-27-17-7-9-28(10-8-17)13-19(30)15-32-21-5-6-22(25)23(26)11-21/h1-6,11,17-19,27,29-30H,7-10,12-15H2. The second kappa shape index (κ2) is 12.6. The summed E-state index contributed by atoms with van der Waals surface area (Å²) in [7, 11) is 0. The van der Waals surface area contributed by atoms with Gasteiger partial charge in [0.2, 0.25) is 0 Å². The fourth-order valence-electron chi connectivity index (χ4n) is 3.51. The maximum absolute atomic E-state index is 13.4. The van der Waals surface area contributed by atoms with E-state index in [1.54, 1.807) is 30.3 Å². The predicted octanol–water partition coefficient (Wildman–Crippen LogP) is 3.37. The number of β-amino-alcohol motifs (C(OH)–C–C–N with tert-alkyl or cyclic N) is 1. The van der Waals surface area contributed by atoms with Gasteiger partial charge in [-0.25, -0.2) is 4.39 Å². The SMILES string of the molecule is OC(CNC1CCN(CC(O)COc2ccc(Cl)c(F)c2)CC1)COc1ccc(Cl)cc1. The first-order valence-electron chi connectivity index (χ1n) is 10.7. The van der Waals surface area contributed by atoms with Gasteiger partial charge in [0.05, 0.1) is 5.02 Å². The minimum Gasteiger partial charge on any atom is -0.491 e. The molecule has 0 saturated carbocycles. The van der Waals surface area contributed by atoms with Crippen molar-refractivity contribution < 1.29 is 24.1 Å². The van der Waals surface area contributed by atoms with Gasteiger partial charge < -0.3 is 29.9 Å².